The summed E-state index contributed by atoms with van der Waals surface area (Å²) in [6, 6.07) is 6.12. The van der Waals surface area contributed by atoms with Crippen LogP contribution in [-0.2, 0) is 14.3 Å². The number of benzene rings is 1. The van der Waals surface area contributed by atoms with Crippen molar-refractivity contribution < 1.29 is 19.1 Å². The summed E-state index contributed by atoms with van der Waals surface area (Å²) < 4.78 is 5.45. The van der Waals surface area contributed by atoms with E-state index in [9.17, 15) is 14.4 Å². The van der Waals surface area contributed by atoms with Crippen molar-refractivity contribution in [3.8, 4) is 0 Å². The second-order valence-electron chi connectivity index (χ2n) is 12.3. The minimum Gasteiger partial charge on any atom is -0.444 e. The molecule has 0 bridgehead atoms. The van der Waals surface area contributed by atoms with Crippen LogP contribution in [-0.4, -0.2) is 46.0 Å². The molecular weight excluding hydrogens is 454 g/mol. The van der Waals surface area contributed by atoms with Crippen molar-refractivity contribution in [2.75, 3.05) is 0 Å². The number of aryl methyl sites for hydroxylation is 1. The molecular formula is C29H47N3O4. The van der Waals surface area contributed by atoms with Gasteiger partial charge in [-0.2, -0.15) is 0 Å². The predicted octanol–water partition coefficient (Wildman–Crippen LogP) is 5.66. The van der Waals surface area contributed by atoms with Gasteiger partial charge in [-0.15, -0.1) is 0 Å². The third kappa shape index (κ3) is 8.24. The summed E-state index contributed by atoms with van der Waals surface area (Å²) in [5, 5.41) is 6.03. The quantitative estimate of drug-likeness (QED) is 0.504. The van der Waals surface area contributed by atoms with Crippen LogP contribution in [0, 0.1) is 12.8 Å². The van der Waals surface area contributed by atoms with Gasteiger partial charge in [0.1, 0.15) is 17.7 Å². The molecule has 0 aliphatic heterocycles. The third-order valence-electron chi connectivity index (χ3n) is 6.51. The molecule has 1 aromatic carbocycles. The number of carbonyl (C=O) groups excluding carboxylic acids is 3. The van der Waals surface area contributed by atoms with Crippen molar-refractivity contribution in [3.63, 3.8) is 0 Å². The highest BCUT2D eigenvalue weighted by atomic mass is 16.6. The molecule has 2 rings (SSSR count). The first-order valence-electron chi connectivity index (χ1n) is 13.3. The molecule has 0 heterocycles. The van der Waals surface area contributed by atoms with Crippen LogP contribution in [0.5, 0.6) is 0 Å². The lowest BCUT2D eigenvalue weighted by atomic mass is 9.90. The Kier molecular flexibility index (Phi) is 9.98. The Morgan fingerprint density at radius 2 is 1.56 bits per heavy atom. The predicted molar refractivity (Wildman–Crippen MR) is 144 cm³/mol. The van der Waals surface area contributed by atoms with Crippen LogP contribution in [0.25, 0.3) is 0 Å². The van der Waals surface area contributed by atoms with Crippen molar-refractivity contribution in [3.05, 3.63) is 35.4 Å². The Bertz CT molecular complexity index is 908. The monoisotopic (exact) mass is 501 g/mol. The van der Waals surface area contributed by atoms with Crippen LogP contribution in [0.1, 0.15) is 105 Å². The summed E-state index contributed by atoms with van der Waals surface area (Å²) in [6.07, 6.45) is 4.62. The van der Waals surface area contributed by atoms with Gasteiger partial charge in [0.05, 0.1) is 0 Å². The number of hydrogen-bond acceptors (Lipinski definition) is 4. The van der Waals surface area contributed by atoms with E-state index in [2.05, 4.69) is 10.6 Å². The maximum absolute atomic E-state index is 14.2. The molecule has 202 valence electrons. The van der Waals surface area contributed by atoms with Crippen molar-refractivity contribution in [2.24, 2.45) is 5.92 Å². The lowest BCUT2D eigenvalue weighted by Gasteiger charge is -2.44. The van der Waals surface area contributed by atoms with E-state index >= 15 is 0 Å². The van der Waals surface area contributed by atoms with Gasteiger partial charge in [-0.3, -0.25) is 9.59 Å². The van der Waals surface area contributed by atoms with Gasteiger partial charge in [0.25, 0.3) is 0 Å². The van der Waals surface area contributed by atoms with E-state index in [-0.39, 0.29) is 23.8 Å². The molecule has 1 saturated carbocycles. The number of carbonyl (C=O) groups is 3. The van der Waals surface area contributed by atoms with Crippen molar-refractivity contribution in [1.82, 2.24) is 15.5 Å². The first-order valence-corrected chi connectivity index (χ1v) is 13.3. The minimum atomic E-state index is -0.854. The summed E-state index contributed by atoms with van der Waals surface area (Å²) >= 11 is 0. The molecule has 1 aromatic rings. The fourth-order valence-electron chi connectivity index (χ4n) is 4.76. The average molecular weight is 502 g/mol. The molecule has 0 radical (unpaired) electrons. The van der Waals surface area contributed by atoms with Gasteiger partial charge in [-0.25, -0.2) is 4.79 Å². The largest absolute Gasteiger partial charge is 0.444 e. The summed E-state index contributed by atoms with van der Waals surface area (Å²) in [7, 11) is 0. The van der Waals surface area contributed by atoms with E-state index in [0.29, 0.717) is 0 Å². The number of rotatable bonds is 7. The molecule has 7 nitrogen and oxygen atoms in total. The lowest BCUT2D eigenvalue weighted by Crippen LogP contribution is -2.60. The number of ether oxygens (including phenoxy) is 1. The van der Waals surface area contributed by atoms with Gasteiger partial charge in [-0.05, 0) is 78.4 Å². The number of amides is 3. The van der Waals surface area contributed by atoms with Crippen LogP contribution < -0.4 is 10.6 Å². The fraction of sp³-hybridized carbons (Fsp3) is 0.690. The average Bonchev–Trinajstić information content (AvgIpc) is 2.74. The Hall–Kier alpha value is -2.57. The van der Waals surface area contributed by atoms with Gasteiger partial charge in [0, 0.05) is 11.6 Å². The van der Waals surface area contributed by atoms with Crippen LogP contribution in [0.3, 0.4) is 0 Å². The number of nitrogens with zero attached hydrogens (tertiary/aromatic N) is 1. The van der Waals surface area contributed by atoms with E-state index < -0.39 is 29.3 Å². The Morgan fingerprint density at radius 1 is 0.972 bits per heavy atom. The van der Waals surface area contributed by atoms with Crippen LogP contribution in [0.4, 0.5) is 4.79 Å². The smallest absolute Gasteiger partial charge is 0.408 e. The zero-order valence-corrected chi connectivity index (χ0v) is 23.7. The first kappa shape index (κ1) is 29.7. The van der Waals surface area contributed by atoms with Crippen molar-refractivity contribution >= 4 is 17.9 Å². The molecule has 7 heteroatoms. The van der Waals surface area contributed by atoms with Crippen LogP contribution in [0.15, 0.2) is 24.3 Å². The molecule has 2 unspecified atom stereocenters. The molecule has 36 heavy (non-hydrogen) atoms. The Morgan fingerprint density at radius 3 is 2.06 bits per heavy atom. The van der Waals surface area contributed by atoms with E-state index in [1.165, 1.54) is 6.42 Å². The molecule has 2 N–H and O–H groups in total. The second-order valence-corrected chi connectivity index (χ2v) is 12.3. The zero-order chi connectivity index (χ0) is 27.3. The summed E-state index contributed by atoms with van der Waals surface area (Å²) in [5.74, 6) is -0.705. The molecule has 0 aromatic heterocycles. The molecule has 2 atom stereocenters. The second kappa shape index (κ2) is 12.1. The molecule has 0 spiro atoms. The van der Waals surface area contributed by atoms with Gasteiger partial charge in [0.2, 0.25) is 11.8 Å². The highest BCUT2D eigenvalue weighted by Gasteiger charge is 2.43. The van der Waals surface area contributed by atoms with E-state index in [1.807, 2.05) is 65.8 Å². The maximum atomic E-state index is 14.2. The van der Waals surface area contributed by atoms with Crippen LogP contribution in [0.2, 0.25) is 0 Å². The van der Waals surface area contributed by atoms with Gasteiger partial charge in [0.15, 0.2) is 0 Å². The lowest BCUT2D eigenvalue weighted by molar-refractivity contribution is -0.149. The van der Waals surface area contributed by atoms with Gasteiger partial charge >= 0.3 is 6.09 Å². The van der Waals surface area contributed by atoms with E-state index in [1.54, 1.807) is 25.7 Å². The summed E-state index contributed by atoms with van der Waals surface area (Å²) in [5.41, 5.74) is 0.330. The fourth-order valence-corrected chi connectivity index (χ4v) is 4.76. The molecule has 0 saturated heterocycles. The number of hydrogen-bond donors (Lipinski definition) is 2. The highest BCUT2D eigenvalue weighted by molar-refractivity contribution is 5.93. The normalized spacial score (nSPS) is 16.7. The third-order valence-corrected chi connectivity index (χ3v) is 6.51. The highest BCUT2D eigenvalue weighted by Crippen LogP contribution is 2.33. The Balaban J connectivity index is 2.51. The SMILES string of the molecule is Cc1ccccc1C(C(=O)NC1CCCCC1)N(C(=O)C(NC(=O)OC(C)(C)C)C(C)C)C(C)(C)C. The zero-order valence-electron chi connectivity index (χ0n) is 23.7. The van der Waals surface area contributed by atoms with E-state index in [0.717, 1.165) is 36.8 Å². The number of alkyl carbamates (subject to hydrolysis) is 1. The number of nitrogens with one attached hydrogen (secondary N) is 2. The van der Waals surface area contributed by atoms with Crippen molar-refractivity contribution in [2.45, 2.75) is 124 Å². The Labute approximate surface area is 217 Å². The first-order chi connectivity index (χ1) is 16.6. The molecule has 3 amide bonds. The summed E-state index contributed by atoms with van der Waals surface area (Å²) in [4.78, 5) is 42.5. The topological polar surface area (TPSA) is 87.7 Å². The summed E-state index contributed by atoms with van der Waals surface area (Å²) in [6.45, 7) is 16.8. The van der Waals surface area contributed by atoms with Crippen molar-refractivity contribution in [1.29, 1.82) is 0 Å². The maximum Gasteiger partial charge on any atom is 0.408 e. The molecule has 1 fully saturated rings. The standard InChI is InChI=1S/C29H47N3O4/c1-19(2)23(31-27(35)36-29(7,8)9)26(34)32(28(4,5)6)24(22-18-14-13-15-20(22)3)25(33)30-21-16-11-10-12-17-21/h13-15,18-19,21,23-24H,10-12,16-17H2,1-9H3,(H,30,33)(H,31,35). The van der Waals surface area contributed by atoms with E-state index in [4.69, 9.17) is 4.74 Å². The van der Waals surface area contributed by atoms with Gasteiger partial charge in [-0.1, -0.05) is 57.4 Å². The van der Waals surface area contributed by atoms with Gasteiger partial charge < -0.3 is 20.3 Å². The van der Waals surface area contributed by atoms with Crippen LogP contribution >= 0.6 is 0 Å². The minimum absolute atomic E-state index is 0.107. The molecule has 1 aliphatic carbocycles. The molecule has 1 aliphatic rings.